The van der Waals surface area contributed by atoms with Crippen LogP contribution in [0.2, 0.25) is 0 Å². The molecule has 108 valence electrons. The summed E-state index contributed by atoms with van der Waals surface area (Å²) in [5.41, 5.74) is 0. The van der Waals surface area contributed by atoms with Gasteiger partial charge in [-0.1, -0.05) is 12.8 Å². The van der Waals surface area contributed by atoms with Crippen molar-refractivity contribution in [2.24, 2.45) is 5.92 Å². The lowest BCUT2D eigenvalue weighted by Crippen LogP contribution is -2.46. The zero-order valence-corrected chi connectivity index (χ0v) is 9.39. The van der Waals surface area contributed by atoms with Gasteiger partial charge in [0.15, 0.2) is 0 Å². The second kappa shape index (κ2) is 5.64. The molecule has 1 aliphatic rings. The highest BCUT2D eigenvalue weighted by Crippen LogP contribution is 2.36. The van der Waals surface area contributed by atoms with Crippen molar-refractivity contribution in [3.63, 3.8) is 0 Å². The van der Waals surface area contributed by atoms with Crippen LogP contribution < -0.4 is 0 Å². The summed E-state index contributed by atoms with van der Waals surface area (Å²) in [6.45, 7) is -0.950. The van der Waals surface area contributed by atoms with E-state index in [2.05, 4.69) is 4.74 Å². The molecule has 1 aliphatic carbocycles. The van der Waals surface area contributed by atoms with E-state index in [9.17, 15) is 31.4 Å². The maximum Gasteiger partial charge on any atom is 0.423 e. The molecule has 1 N–H and O–H groups in total. The number of hydrogen-bond donors (Lipinski definition) is 1. The van der Waals surface area contributed by atoms with Crippen LogP contribution in [0, 0.1) is 5.92 Å². The van der Waals surface area contributed by atoms with Crippen molar-refractivity contribution in [3.8, 4) is 0 Å². The summed E-state index contributed by atoms with van der Waals surface area (Å²) in [6, 6.07) is 0. The van der Waals surface area contributed by atoms with Gasteiger partial charge in [0.2, 0.25) is 6.10 Å². The van der Waals surface area contributed by atoms with E-state index in [0.717, 1.165) is 12.8 Å². The van der Waals surface area contributed by atoms with Gasteiger partial charge in [0.25, 0.3) is 0 Å². The van der Waals surface area contributed by atoms with Gasteiger partial charge in [-0.05, 0) is 18.8 Å². The molecule has 0 amide bonds. The molecule has 0 aliphatic heterocycles. The van der Waals surface area contributed by atoms with Gasteiger partial charge in [0.1, 0.15) is 0 Å². The van der Waals surface area contributed by atoms with Gasteiger partial charge in [0.05, 0.1) is 12.7 Å². The summed E-state index contributed by atoms with van der Waals surface area (Å²) in [5, 5.41) is 9.47. The second-order valence-corrected chi connectivity index (χ2v) is 4.41. The Bertz CT molecular complexity index is 242. The highest BCUT2D eigenvalue weighted by Gasteiger charge is 2.58. The monoisotopic (exact) mass is 280 g/mol. The Labute approximate surface area is 99.9 Å². The molecule has 1 fully saturated rings. The topological polar surface area (TPSA) is 29.5 Å². The smallest absolute Gasteiger partial charge is 0.390 e. The highest BCUT2D eigenvalue weighted by molar-refractivity contribution is 4.79. The number of halogens is 6. The predicted molar refractivity (Wildman–Crippen MR) is 49.8 cm³/mol. The molecule has 0 heterocycles. The quantitative estimate of drug-likeness (QED) is 0.802. The van der Waals surface area contributed by atoms with Crippen molar-refractivity contribution in [2.75, 3.05) is 6.61 Å². The van der Waals surface area contributed by atoms with E-state index in [4.69, 9.17) is 0 Å². The average molecular weight is 280 g/mol. The van der Waals surface area contributed by atoms with Gasteiger partial charge in [-0.25, -0.2) is 0 Å². The molecule has 8 heteroatoms. The number of aliphatic hydroxyl groups is 1. The Morgan fingerprint density at radius 2 is 1.44 bits per heavy atom. The molecule has 1 rings (SSSR count). The van der Waals surface area contributed by atoms with E-state index in [-0.39, 0.29) is 5.92 Å². The third kappa shape index (κ3) is 4.31. The minimum atomic E-state index is -5.52. The fraction of sp³-hybridized carbons (Fsp3) is 1.00. The number of ether oxygens (including phenoxy) is 1. The lowest BCUT2D eigenvalue weighted by molar-refractivity contribution is -0.325. The van der Waals surface area contributed by atoms with Crippen molar-refractivity contribution in [1.82, 2.24) is 0 Å². The standard InChI is InChI=1S/C10H14F6O2/c11-9(12,13)8(10(14,15)16)18-5-7(17)6-3-1-2-4-6/h6-8,17H,1-5H2. The predicted octanol–water partition coefficient (Wildman–Crippen LogP) is 3.05. The molecule has 0 aromatic carbocycles. The summed E-state index contributed by atoms with van der Waals surface area (Å²) in [5.74, 6) is -0.271. The Morgan fingerprint density at radius 3 is 1.83 bits per heavy atom. The van der Waals surface area contributed by atoms with Gasteiger partial charge in [-0.2, -0.15) is 26.3 Å². The molecule has 18 heavy (non-hydrogen) atoms. The van der Waals surface area contributed by atoms with Crippen LogP contribution in [0.4, 0.5) is 26.3 Å². The van der Waals surface area contributed by atoms with Crippen LogP contribution in [-0.4, -0.2) is 36.3 Å². The van der Waals surface area contributed by atoms with Gasteiger partial charge in [-0.3, -0.25) is 0 Å². The van der Waals surface area contributed by atoms with E-state index in [1.54, 1.807) is 0 Å². The molecule has 0 saturated heterocycles. The second-order valence-electron chi connectivity index (χ2n) is 4.41. The molecule has 1 atom stereocenters. The van der Waals surface area contributed by atoms with Crippen LogP contribution in [0.15, 0.2) is 0 Å². The number of hydrogen-bond acceptors (Lipinski definition) is 2. The molecule has 1 saturated carbocycles. The van der Waals surface area contributed by atoms with Crippen LogP contribution in [0.5, 0.6) is 0 Å². The molecule has 0 bridgehead atoms. The average Bonchev–Trinajstić information content (AvgIpc) is 2.65. The number of rotatable bonds is 4. The number of alkyl halides is 6. The summed E-state index contributed by atoms with van der Waals surface area (Å²) in [4.78, 5) is 0. The Morgan fingerprint density at radius 1 is 1.00 bits per heavy atom. The molecular formula is C10H14F6O2. The zero-order valence-electron chi connectivity index (χ0n) is 9.39. The van der Waals surface area contributed by atoms with Crippen molar-refractivity contribution in [1.29, 1.82) is 0 Å². The maximum absolute atomic E-state index is 12.1. The van der Waals surface area contributed by atoms with Gasteiger partial charge in [-0.15, -0.1) is 0 Å². The van der Waals surface area contributed by atoms with Crippen molar-refractivity contribution >= 4 is 0 Å². The van der Waals surface area contributed by atoms with Gasteiger partial charge < -0.3 is 9.84 Å². The van der Waals surface area contributed by atoms with Crippen LogP contribution >= 0.6 is 0 Å². The van der Waals surface area contributed by atoms with Crippen molar-refractivity contribution < 1.29 is 36.2 Å². The zero-order chi connectivity index (χ0) is 14.0. The summed E-state index contributed by atoms with van der Waals surface area (Å²) in [6.07, 6.45) is -13.3. The Balaban J connectivity index is 2.52. The van der Waals surface area contributed by atoms with Crippen LogP contribution in [-0.2, 0) is 4.74 Å². The first kappa shape index (κ1) is 15.6. The summed E-state index contributed by atoms with van der Waals surface area (Å²) < 4.78 is 76.5. The number of aliphatic hydroxyl groups excluding tert-OH is 1. The van der Waals surface area contributed by atoms with E-state index in [0.29, 0.717) is 12.8 Å². The largest absolute Gasteiger partial charge is 0.423 e. The first-order valence-electron chi connectivity index (χ1n) is 5.55. The molecule has 0 radical (unpaired) electrons. The normalized spacial score (nSPS) is 20.7. The first-order chi connectivity index (χ1) is 8.12. The van der Waals surface area contributed by atoms with E-state index in [1.807, 2.05) is 0 Å². The summed E-state index contributed by atoms with van der Waals surface area (Å²) in [7, 11) is 0. The molecule has 0 spiro atoms. The van der Waals surface area contributed by atoms with Crippen molar-refractivity contribution in [2.45, 2.75) is 50.2 Å². The van der Waals surface area contributed by atoms with Crippen molar-refractivity contribution in [3.05, 3.63) is 0 Å². The lowest BCUT2D eigenvalue weighted by Gasteiger charge is -2.25. The van der Waals surface area contributed by atoms with Crippen LogP contribution in [0.25, 0.3) is 0 Å². The molecule has 1 unspecified atom stereocenters. The third-order valence-electron chi connectivity index (χ3n) is 2.97. The Hall–Kier alpha value is -0.500. The molecule has 0 aromatic heterocycles. The summed E-state index contributed by atoms with van der Waals surface area (Å²) >= 11 is 0. The minimum absolute atomic E-state index is 0.271. The lowest BCUT2D eigenvalue weighted by atomic mass is 10.0. The molecule has 0 aromatic rings. The third-order valence-corrected chi connectivity index (χ3v) is 2.97. The van der Waals surface area contributed by atoms with Gasteiger partial charge >= 0.3 is 12.4 Å². The van der Waals surface area contributed by atoms with Crippen LogP contribution in [0.3, 0.4) is 0 Å². The first-order valence-corrected chi connectivity index (χ1v) is 5.55. The SMILES string of the molecule is OC(COC(C(F)(F)F)C(F)(F)F)C1CCCC1. The van der Waals surface area contributed by atoms with Crippen LogP contribution in [0.1, 0.15) is 25.7 Å². The fourth-order valence-corrected chi connectivity index (χ4v) is 2.05. The van der Waals surface area contributed by atoms with E-state index >= 15 is 0 Å². The molecule has 2 nitrogen and oxygen atoms in total. The van der Waals surface area contributed by atoms with E-state index in [1.165, 1.54) is 0 Å². The highest BCUT2D eigenvalue weighted by atomic mass is 19.4. The van der Waals surface area contributed by atoms with Gasteiger partial charge in [0, 0.05) is 0 Å². The maximum atomic E-state index is 12.1. The van der Waals surface area contributed by atoms with E-state index < -0.39 is 31.2 Å². The molecular weight excluding hydrogens is 266 g/mol. The Kier molecular flexibility index (Phi) is 4.88. The fourth-order valence-electron chi connectivity index (χ4n) is 2.05. The minimum Gasteiger partial charge on any atom is -0.390 e.